The van der Waals surface area contributed by atoms with Crippen LogP contribution in [0.25, 0.3) is 0 Å². The molecule has 0 aliphatic heterocycles. The summed E-state index contributed by atoms with van der Waals surface area (Å²) in [6.07, 6.45) is 1.08. The van der Waals surface area contributed by atoms with E-state index in [1.165, 1.54) is 11.3 Å². The van der Waals surface area contributed by atoms with Crippen LogP contribution in [0.2, 0.25) is 0 Å². The molecule has 0 unspecified atom stereocenters. The van der Waals surface area contributed by atoms with E-state index in [-0.39, 0.29) is 11.7 Å². The van der Waals surface area contributed by atoms with Crippen molar-refractivity contribution in [1.82, 2.24) is 0 Å². The van der Waals surface area contributed by atoms with Gasteiger partial charge in [-0.05, 0) is 36.1 Å². The summed E-state index contributed by atoms with van der Waals surface area (Å²) >= 11 is 1.35. The molecule has 0 saturated carbocycles. The molecule has 28 heavy (non-hydrogen) atoms. The Bertz CT molecular complexity index is 1010. The highest BCUT2D eigenvalue weighted by molar-refractivity contribution is 7.12. The lowest BCUT2D eigenvalue weighted by Gasteiger charge is -2.11. The molecule has 140 valence electrons. The predicted octanol–water partition coefficient (Wildman–Crippen LogP) is 4.91. The average Bonchev–Trinajstić information content (AvgIpc) is 3.26. The first kappa shape index (κ1) is 19.3. The van der Waals surface area contributed by atoms with E-state index in [1.807, 2.05) is 11.4 Å². The SMILES string of the molecule is N#CCCCOc1cccc(NC(=O)c2ccccc2C(=O)c2cccs2)c1. The van der Waals surface area contributed by atoms with Crippen LogP contribution >= 0.6 is 11.3 Å². The third-order valence-corrected chi connectivity index (χ3v) is 4.82. The van der Waals surface area contributed by atoms with Gasteiger partial charge in [0.15, 0.2) is 0 Å². The van der Waals surface area contributed by atoms with Gasteiger partial charge in [-0.15, -0.1) is 11.3 Å². The zero-order valence-electron chi connectivity index (χ0n) is 15.1. The minimum absolute atomic E-state index is 0.171. The van der Waals surface area contributed by atoms with Crippen molar-refractivity contribution in [2.45, 2.75) is 12.8 Å². The first-order valence-electron chi connectivity index (χ1n) is 8.77. The fourth-order valence-corrected chi connectivity index (χ4v) is 3.30. The van der Waals surface area contributed by atoms with Crippen molar-refractivity contribution in [3.63, 3.8) is 0 Å². The number of carbonyl (C=O) groups is 2. The summed E-state index contributed by atoms with van der Waals surface area (Å²) in [6.45, 7) is 0.434. The third-order valence-electron chi connectivity index (χ3n) is 3.95. The van der Waals surface area contributed by atoms with Crippen LogP contribution < -0.4 is 10.1 Å². The zero-order valence-corrected chi connectivity index (χ0v) is 15.9. The quantitative estimate of drug-likeness (QED) is 0.438. The van der Waals surface area contributed by atoms with Crippen LogP contribution in [0.4, 0.5) is 5.69 Å². The molecule has 0 bridgehead atoms. The first-order valence-corrected chi connectivity index (χ1v) is 9.65. The molecule has 0 fully saturated rings. The van der Waals surface area contributed by atoms with Gasteiger partial charge in [0, 0.05) is 23.7 Å². The van der Waals surface area contributed by atoms with E-state index in [4.69, 9.17) is 10.00 Å². The first-order chi connectivity index (χ1) is 13.7. The normalized spacial score (nSPS) is 10.1. The number of benzene rings is 2. The number of hydrogen-bond donors (Lipinski definition) is 1. The van der Waals surface area contributed by atoms with Crippen molar-refractivity contribution >= 4 is 28.7 Å². The number of nitrogens with one attached hydrogen (secondary N) is 1. The minimum Gasteiger partial charge on any atom is -0.493 e. The number of carbonyl (C=O) groups excluding carboxylic acids is 2. The molecule has 1 amide bonds. The van der Waals surface area contributed by atoms with Gasteiger partial charge in [0.25, 0.3) is 5.91 Å². The monoisotopic (exact) mass is 390 g/mol. The molecule has 0 aliphatic rings. The van der Waals surface area contributed by atoms with E-state index >= 15 is 0 Å². The molecule has 0 spiro atoms. The number of nitriles is 1. The Balaban J connectivity index is 1.74. The molecular weight excluding hydrogens is 372 g/mol. The maximum absolute atomic E-state index is 12.8. The van der Waals surface area contributed by atoms with Gasteiger partial charge in [-0.3, -0.25) is 9.59 Å². The number of ketones is 1. The standard InChI is InChI=1S/C22H18N2O3S/c23-12-3-4-13-27-17-8-5-7-16(15-17)24-22(26)19-10-2-1-9-18(19)21(25)20-11-6-14-28-20/h1-2,5-11,14-15H,3-4,13H2,(H,24,26). The number of rotatable bonds is 8. The summed E-state index contributed by atoms with van der Waals surface area (Å²) in [5, 5.41) is 13.2. The molecule has 2 aromatic carbocycles. The average molecular weight is 390 g/mol. The fraction of sp³-hybridized carbons (Fsp3) is 0.136. The third kappa shape index (κ3) is 4.84. The van der Waals surface area contributed by atoms with E-state index < -0.39 is 0 Å². The van der Waals surface area contributed by atoms with Gasteiger partial charge in [0.1, 0.15) is 5.75 Å². The largest absolute Gasteiger partial charge is 0.493 e. The highest BCUT2D eigenvalue weighted by Gasteiger charge is 2.18. The van der Waals surface area contributed by atoms with Crippen LogP contribution in [0.3, 0.4) is 0 Å². The molecule has 0 aliphatic carbocycles. The lowest BCUT2D eigenvalue weighted by molar-refractivity contribution is 0.0998. The number of hydrogen-bond acceptors (Lipinski definition) is 5. The molecule has 1 N–H and O–H groups in total. The number of amides is 1. The summed E-state index contributed by atoms with van der Waals surface area (Å²) in [6, 6.07) is 19.4. The Hall–Kier alpha value is -3.43. The van der Waals surface area contributed by atoms with E-state index in [2.05, 4.69) is 11.4 Å². The summed E-state index contributed by atoms with van der Waals surface area (Å²) in [5.41, 5.74) is 1.26. The van der Waals surface area contributed by atoms with Crippen molar-refractivity contribution in [2.75, 3.05) is 11.9 Å². The van der Waals surface area contributed by atoms with Crippen molar-refractivity contribution in [3.05, 3.63) is 82.0 Å². The minimum atomic E-state index is -0.359. The Morgan fingerprint density at radius 1 is 1.04 bits per heavy atom. The number of thiophene rings is 1. The Morgan fingerprint density at radius 3 is 2.61 bits per heavy atom. The van der Waals surface area contributed by atoms with Crippen LogP contribution in [0, 0.1) is 11.3 Å². The highest BCUT2D eigenvalue weighted by atomic mass is 32.1. The molecule has 0 atom stereocenters. The summed E-state index contributed by atoms with van der Waals surface area (Å²) in [4.78, 5) is 26.1. The number of anilines is 1. The van der Waals surface area contributed by atoms with Gasteiger partial charge < -0.3 is 10.1 Å². The maximum atomic E-state index is 12.8. The van der Waals surface area contributed by atoms with Crippen LogP contribution in [0.15, 0.2) is 66.0 Å². The lowest BCUT2D eigenvalue weighted by Crippen LogP contribution is -2.16. The topological polar surface area (TPSA) is 79.2 Å². The molecule has 3 aromatic rings. The van der Waals surface area contributed by atoms with Gasteiger partial charge in [-0.2, -0.15) is 5.26 Å². The van der Waals surface area contributed by atoms with Crippen LogP contribution in [-0.2, 0) is 0 Å². The molecule has 0 saturated heterocycles. The fourth-order valence-electron chi connectivity index (χ4n) is 2.62. The molecule has 1 aromatic heterocycles. The van der Waals surface area contributed by atoms with Crippen molar-refractivity contribution < 1.29 is 14.3 Å². The van der Waals surface area contributed by atoms with Gasteiger partial charge in [-0.1, -0.05) is 30.3 Å². The molecule has 3 rings (SSSR count). The Morgan fingerprint density at radius 2 is 1.86 bits per heavy atom. The maximum Gasteiger partial charge on any atom is 0.256 e. The van der Waals surface area contributed by atoms with E-state index in [1.54, 1.807) is 54.6 Å². The van der Waals surface area contributed by atoms with Gasteiger partial charge in [-0.25, -0.2) is 0 Å². The smallest absolute Gasteiger partial charge is 0.256 e. The van der Waals surface area contributed by atoms with Crippen molar-refractivity contribution in [1.29, 1.82) is 5.26 Å². The van der Waals surface area contributed by atoms with E-state index in [0.717, 1.165) is 0 Å². The zero-order chi connectivity index (χ0) is 19.8. The molecule has 6 heteroatoms. The van der Waals surface area contributed by atoms with Gasteiger partial charge >= 0.3 is 0 Å². The van der Waals surface area contributed by atoms with Crippen LogP contribution in [0.5, 0.6) is 5.75 Å². The second kappa shape index (κ2) is 9.49. The summed E-state index contributed by atoms with van der Waals surface area (Å²) in [5.74, 6) is 0.0798. The second-order valence-electron chi connectivity index (χ2n) is 5.94. The number of ether oxygens (including phenoxy) is 1. The number of nitrogens with zero attached hydrogens (tertiary/aromatic N) is 1. The van der Waals surface area contributed by atoms with Crippen molar-refractivity contribution in [3.8, 4) is 11.8 Å². The molecule has 0 radical (unpaired) electrons. The second-order valence-corrected chi connectivity index (χ2v) is 6.89. The predicted molar refractivity (Wildman–Crippen MR) is 109 cm³/mol. The molecular formula is C22H18N2O3S. The highest BCUT2D eigenvalue weighted by Crippen LogP contribution is 2.21. The van der Waals surface area contributed by atoms with Crippen LogP contribution in [-0.4, -0.2) is 18.3 Å². The number of unbranched alkanes of at least 4 members (excludes halogenated alkanes) is 1. The van der Waals surface area contributed by atoms with E-state index in [9.17, 15) is 9.59 Å². The lowest BCUT2D eigenvalue weighted by atomic mass is 10.0. The molecule has 5 nitrogen and oxygen atoms in total. The molecule has 1 heterocycles. The Labute approximate surface area is 167 Å². The van der Waals surface area contributed by atoms with Gasteiger partial charge in [0.2, 0.25) is 5.78 Å². The summed E-state index contributed by atoms with van der Waals surface area (Å²) < 4.78 is 5.59. The van der Waals surface area contributed by atoms with Gasteiger partial charge in [0.05, 0.1) is 23.1 Å². The Kier molecular flexibility index (Phi) is 6.55. The summed E-state index contributed by atoms with van der Waals surface area (Å²) in [7, 11) is 0. The van der Waals surface area contributed by atoms with Crippen molar-refractivity contribution in [2.24, 2.45) is 0 Å². The van der Waals surface area contributed by atoms with Crippen LogP contribution in [0.1, 0.15) is 38.4 Å². The van der Waals surface area contributed by atoms with E-state index in [0.29, 0.717) is 46.9 Å².